The van der Waals surface area contributed by atoms with Gasteiger partial charge in [-0.25, -0.2) is 9.79 Å². The monoisotopic (exact) mass is 413 g/mol. The van der Waals surface area contributed by atoms with E-state index in [1.54, 1.807) is 11.1 Å². The summed E-state index contributed by atoms with van der Waals surface area (Å²) in [5.41, 5.74) is 6.74. The molecule has 2 aliphatic heterocycles. The van der Waals surface area contributed by atoms with Crippen LogP contribution < -0.4 is 16.0 Å². The number of hydrogen-bond acceptors (Lipinski definition) is 4. The fraction of sp³-hybridized carbons (Fsp3) is 0.522. The largest absolute Gasteiger partial charge is 0.479 e. The fourth-order valence-corrected chi connectivity index (χ4v) is 3.85. The molecule has 1 aromatic carbocycles. The van der Waals surface area contributed by atoms with E-state index in [1.807, 2.05) is 32.0 Å². The van der Waals surface area contributed by atoms with Crippen LogP contribution in [0, 0.1) is 0 Å². The minimum Gasteiger partial charge on any atom is -0.479 e. The number of piperidine rings is 1. The summed E-state index contributed by atoms with van der Waals surface area (Å²) in [5.74, 6) is 0.562. The number of nitrogens with zero attached hydrogens (tertiary/aromatic N) is 1. The molecule has 1 aromatic rings. The summed E-state index contributed by atoms with van der Waals surface area (Å²) in [6, 6.07) is 10.3. The smallest absolute Gasteiger partial charge is 0.317 e. The lowest BCUT2D eigenvalue weighted by Gasteiger charge is -2.43. The average molecular weight is 414 g/mol. The first-order chi connectivity index (χ1) is 14.3. The summed E-state index contributed by atoms with van der Waals surface area (Å²) in [6.07, 6.45) is 3.15. The third-order valence-electron chi connectivity index (χ3n) is 5.81. The number of benzene rings is 1. The molecule has 4 N–H and O–H groups in total. The Bertz CT molecular complexity index is 824. The van der Waals surface area contributed by atoms with Crippen LogP contribution in [0.4, 0.5) is 4.79 Å². The number of carbonyl (C=O) groups excluding carboxylic acids is 2. The number of ketones is 1. The van der Waals surface area contributed by atoms with Crippen molar-refractivity contribution in [2.75, 3.05) is 19.6 Å². The molecule has 0 unspecified atom stereocenters. The number of allylic oxidation sites excluding steroid dienone is 2. The van der Waals surface area contributed by atoms with Crippen LogP contribution in [-0.4, -0.2) is 54.2 Å². The van der Waals surface area contributed by atoms with Gasteiger partial charge in [0, 0.05) is 32.5 Å². The van der Waals surface area contributed by atoms with Crippen LogP contribution in [0.3, 0.4) is 0 Å². The first-order valence-electron chi connectivity index (χ1n) is 10.7. The number of hydrogen-bond donors (Lipinski definition) is 3. The Labute approximate surface area is 178 Å². The molecule has 0 saturated carbocycles. The lowest BCUT2D eigenvalue weighted by Crippen LogP contribution is -2.74. The van der Waals surface area contributed by atoms with E-state index in [2.05, 4.69) is 29.4 Å². The van der Waals surface area contributed by atoms with Crippen molar-refractivity contribution in [2.45, 2.75) is 57.6 Å². The highest BCUT2D eigenvalue weighted by Crippen LogP contribution is 2.36. The molecule has 30 heavy (non-hydrogen) atoms. The van der Waals surface area contributed by atoms with Gasteiger partial charge in [-0.1, -0.05) is 37.3 Å². The zero-order valence-electron chi connectivity index (χ0n) is 18.1. The Morgan fingerprint density at radius 3 is 2.57 bits per heavy atom. The summed E-state index contributed by atoms with van der Waals surface area (Å²) in [7, 11) is 0. The van der Waals surface area contributed by atoms with Gasteiger partial charge in [-0.15, -0.1) is 0 Å². The minimum absolute atomic E-state index is 0.0712. The number of carbonyl (C=O) groups is 2. The molecule has 2 amide bonds. The maximum absolute atomic E-state index is 12.6. The Morgan fingerprint density at radius 2 is 1.93 bits per heavy atom. The predicted molar refractivity (Wildman–Crippen MR) is 116 cm³/mol. The second kappa shape index (κ2) is 9.32. The van der Waals surface area contributed by atoms with E-state index in [-0.39, 0.29) is 35.9 Å². The molecular weight excluding hydrogens is 380 g/mol. The second-order valence-electron chi connectivity index (χ2n) is 8.61. The fourth-order valence-electron chi connectivity index (χ4n) is 3.85. The van der Waals surface area contributed by atoms with Crippen molar-refractivity contribution in [3.63, 3.8) is 0 Å². The van der Waals surface area contributed by atoms with Crippen LogP contribution in [0.1, 0.15) is 51.5 Å². The second-order valence-corrected chi connectivity index (χ2v) is 8.61. The van der Waals surface area contributed by atoms with Crippen molar-refractivity contribution >= 4 is 18.0 Å². The zero-order chi connectivity index (χ0) is 21.7. The van der Waals surface area contributed by atoms with Crippen LogP contribution in [-0.2, 0) is 9.53 Å². The van der Waals surface area contributed by atoms with Crippen molar-refractivity contribution < 1.29 is 19.3 Å². The number of likely N-dealkylation sites (tertiary alicyclic amines) is 1. The van der Waals surface area contributed by atoms with Crippen LogP contribution in [0.2, 0.25) is 0 Å². The molecule has 2 aliphatic rings. The van der Waals surface area contributed by atoms with Crippen molar-refractivity contribution in [1.82, 2.24) is 10.2 Å². The van der Waals surface area contributed by atoms with Crippen LogP contribution in [0.15, 0.2) is 41.8 Å². The number of nitrogens with one attached hydrogen (secondary N) is 2. The summed E-state index contributed by atoms with van der Waals surface area (Å²) < 4.78 is 6.19. The van der Waals surface area contributed by atoms with Crippen LogP contribution >= 0.6 is 0 Å². The molecule has 1 fully saturated rings. The van der Waals surface area contributed by atoms with Crippen LogP contribution in [0.5, 0.6) is 0 Å². The first kappa shape index (κ1) is 21.9. The third-order valence-corrected chi connectivity index (χ3v) is 5.81. The van der Waals surface area contributed by atoms with E-state index in [9.17, 15) is 9.59 Å². The number of urea groups is 1. The predicted octanol–water partition coefficient (Wildman–Crippen LogP) is 1.05. The first-order valence-corrected chi connectivity index (χ1v) is 10.7. The molecule has 1 spiro atoms. The van der Waals surface area contributed by atoms with Gasteiger partial charge in [-0.05, 0) is 25.3 Å². The van der Waals surface area contributed by atoms with E-state index in [0.717, 1.165) is 0 Å². The summed E-state index contributed by atoms with van der Waals surface area (Å²) >= 11 is 0. The maximum atomic E-state index is 12.6. The Hall–Kier alpha value is -2.83. The molecule has 7 heteroatoms. The maximum Gasteiger partial charge on any atom is 0.317 e. The molecule has 162 valence electrons. The Kier molecular flexibility index (Phi) is 6.80. The van der Waals surface area contributed by atoms with Gasteiger partial charge in [-0.3, -0.25) is 4.79 Å². The van der Waals surface area contributed by atoms with Gasteiger partial charge in [0.2, 0.25) is 12.0 Å². The highest BCUT2D eigenvalue weighted by molar-refractivity contribution is 6.00. The van der Waals surface area contributed by atoms with Gasteiger partial charge in [0.25, 0.3) is 0 Å². The molecule has 1 saturated heterocycles. The number of ether oxygens (including phenoxy) is 1. The van der Waals surface area contributed by atoms with E-state index < -0.39 is 5.60 Å². The average Bonchev–Trinajstić information content (AvgIpc) is 2.74. The van der Waals surface area contributed by atoms with Crippen molar-refractivity contribution in [1.29, 1.82) is 0 Å². The van der Waals surface area contributed by atoms with Gasteiger partial charge in [0.15, 0.2) is 5.78 Å². The number of nitrogens with two attached hydrogens (primary N) is 1. The number of Topliss-reactive ketones (excluding diaryl/α,β-unsaturated/α-hetero) is 1. The van der Waals surface area contributed by atoms with Crippen molar-refractivity contribution in [3.8, 4) is 0 Å². The molecule has 0 radical (unpaired) electrons. The molecule has 0 aliphatic carbocycles. The zero-order valence-corrected chi connectivity index (χ0v) is 18.1. The summed E-state index contributed by atoms with van der Waals surface area (Å²) in [4.78, 5) is 30.0. The summed E-state index contributed by atoms with van der Waals surface area (Å²) in [6.45, 7) is 7.78. The lowest BCUT2D eigenvalue weighted by atomic mass is 9.84. The summed E-state index contributed by atoms with van der Waals surface area (Å²) in [5, 5.41) is 3.03. The van der Waals surface area contributed by atoms with E-state index in [1.165, 1.54) is 5.56 Å². The topological polar surface area (TPSA) is 98.6 Å². The molecule has 0 bridgehead atoms. The molecule has 2 heterocycles. The highest BCUT2D eigenvalue weighted by Gasteiger charge is 2.44. The minimum atomic E-state index is -0.585. The highest BCUT2D eigenvalue weighted by atomic mass is 16.5. The standard InChI is InChI=1S/C23H32N4O3/c1-16(2)25-15-20-21(24)19(28)13-23(30-20)9-11-27(12-10-23)22(29)26-14-17(3)18-7-5-4-6-8-18/h4-8,15-17H,9-14,24H2,1-3H3,(H,26,29)/p+1/t17-/m0/s1. The Balaban J connectivity index is 1.55. The molecular formula is C23H33N4O3+. The van der Waals surface area contributed by atoms with Crippen LogP contribution in [0.25, 0.3) is 0 Å². The van der Waals surface area contributed by atoms with Gasteiger partial charge in [0.05, 0.1) is 6.42 Å². The van der Waals surface area contributed by atoms with Gasteiger partial charge in [0.1, 0.15) is 17.3 Å². The number of amides is 2. The van der Waals surface area contributed by atoms with Gasteiger partial charge in [-0.2, -0.15) is 0 Å². The molecule has 7 nitrogen and oxygen atoms in total. The third kappa shape index (κ3) is 5.20. The number of rotatable bonds is 5. The van der Waals surface area contributed by atoms with Crippen molar-refractivity contribution in [2.24, 2.45) is 5.73 Å². The lowest BCUT2D eigenvalue weighted by molar-refractivity contribution is -0.488. The van der Waals surface area contributed by atoms with Crippen molar-refractivity contribution in [3.05, 3.63) is 47.4 Å². The van der Waals surface area contributed by atoms with E-state index >= 15 is 0 Å². The SMILES string of the molecule is CC(C)[NH+]=CC1=C(N)C(=O)CC2(CCN(C(=O)NC[C@H](C)c3ccccc3)CC2)O1. The molecule has 1 atom stereocenters. The Morgan fingerprint density at radius 1 is 1.27 bits per heavy atom. The van der Waals surface area contributed by atoms with Gasteiger partial charge < -0.3 is 20.7 Å². The normalized spacial score (nSPS) is 20.0. The van der Waals surface area contributed by atoms with Gasteiger partial charge >= 0.3 is 6.03 Å². The molecule has 3 rings (SSSR count). The molecule has 0 aromatic heterocycles. The quantitative estimate of drug-likeness (QED) is 0.629. The van der Waals surface area contributed by atoms with E-state index in [0.29, 0.717) is 38.2 Å². The van der Waals surface area contributed by atoms with E-state index in [4.69, 9.17) is 10.5 Å².